The summed E-state index contributed by atoms with van der Waals surface area (Å²) in [4.78, 5) is 10.8. The summed E-state index contributed by atoms with van der Waals surface area (Å²) in [7, 11) is 0. The van der Waals surface area contributed by atoms with Crippen LogP contribution in [0.4, 0.5) is 4.39 Å². The maximum absolute atomic E-state index is 13.2. The number of carbonyl (C=O) groups is 1. The van der Waals surface area contributed by atoms with Crippen LogP contribution in [0.2, 0.25) is 0 Å². The van der Waals surface area contributed by atoms with Crippen molar-refractivity contribution in [2.75, 3.05) is 6.61 Å². The van der Waals surface area contributed by atoms with Gasteiger partial charge < -0.3 is 9.84 Å². The molecule has 1 atom stereocenters. The van der Waals surface area contributed by atoms with E-state index in [0.29, 0.717) is 12.2 Å². The van der Waals surface area contributed by atoms with Crippen LogP contribution in [0.25, 0.3) is 0 Å². The highest BCUT2D eigenvalue weighted by atomic mass is 19.1. The third kappa shape index (κ3) is 3.32. The van der Waals surface area contributed by atoms with E-state index in [2.05, 4.69) is 0 Å². The van der Waals surface area contributed by atoms with Crippen molar-refractivity contribution < 1.29 is 19.0 Å². The van der Waals surface area contributed by atoms with Gasteiger partial charge in [0, 0.05) is 13.0 Å². The lowest BCUT2D eigenvalue weighted by atomic mass is 10.1. The first-order chi connectivity index (χ1) is 7.15. The second kappa shape index (κ2) is 5.46. The number of benzene rings is 1. The van der Waals surface area contributed by atoms with E-state index in [1.165, 1.54) is 6.07 Å². The van der Waals surface area contributed by atoms with Crippen molar-refractivity contribution in [2.24, 2.45) is 0 Å². The van der Waals surface area contributed by atoms with Crippen LogP contribution in [0.3, 0.4) is 0 Å². The molecule has 15 heavy (non-hydrogen) atoms. The van der Waals surface area contributed by atoms with Gasteiger partial charge in [0.25, 0.3) is 0 Å². The number of hydrogen-bond donors (Lipinski definition) is 1. The molecule has 1 rings (SSSR count). The van der Waals surface area contributed by atoms with Crippen LogP contribution in [0, 0.1) is 5.82 Å². The second-order valence-electron chi connectivity index (χ2n) is 3.08. The van der Waals surface area contributed by atoms with Crippen molar-refractivity contribution in [3.8, 4) is 0 Å². The quantitative estimate of drug-likeness (QED) is 0.810. The zero-order valence-corrected chi connectivity index (χ0v) is 8.44. The van der Waals surface area contributed by atoms with Crippen LogP contribution in [-0.2, 0) is 16.0 Å². The molecule has 3 nitrogen and oxygen atoms in total. The SMILES string of the molecule is CCO[C@@H](Cc1ccccc1F)C(=O)O. The molecule has 0 bridgehead atoms. The molecule has 0 aliphatic carbocycles. The van der Waals surface area contributed by atoms with Gasteiger partial charge in [0.2, 0.25) is 0 Å². The van der Waals surface area contributed by atoms with E-state index in [1.54, 1.807) is 25.1 Å². The second-order valence-corrected chi connectivity index (χ2v) is 3.08. The highest BCUT2D eigenvalue weighted by molar-refractivity contribution is 5.72. The highest BCUT2D eigenvalue weighted by Crippen LogP contribution is 2.11. The minimum Gasteiger partial charge on any atom is -0.479 e. The molecular formula is C11H13FO3. The molecule has 0 aliphatic rings. The summed E-state index contributed by atoms with van der Waals surface area (Å²) >= 11 is 0. The van der Waals surface area contributed by atoms with E-state index >= 15 is 0 Å². The molecular weight excluding hydrogens is 199 g/mol. The fraction of sp³-hybridized carbons (Fsp3) is 0.364. The Morgan fingerprint density at radius 1 is 1.53 bits per heavy atom. The average Bonchev–Trinajstić information content (AvgIpc) is 2.20. The van der Waals surface area contributed by atoms with Crippen molar-refractivity contribution in [1.29, 1.82) is 0 Å². The molecule has 0 saturated heterocycles. The molecule has 4 heteroatoms. The first-order valence-corrected chi connectivity index (χ1v) is 4.73. The van der Waals surface area contributed by atoms with Crippen LogP contribution < -0.4 is 0 Å². The van der Waals surface area contributed by atoms with Gasteiger partial charge in [0.1, 0.15) is 5.82 Å². The lowest BCUT2D eigenvalue weighted by Gasteiger charge is -2.12. The maximum Gasteiger partial charge on any atom is 0.333 e. The summed E-state index contributed by atoms with van der Waals surface area (Å²) in [6, 6.07) is 6.10. The summed E-state index contributed by atoms with van der Waals surface area (Å²) in [5.41, 5.74) is 0.360. The fourth-order valence-corrected chi connectivity index (χ4v) is 1.28. The summed E-state index contributed by atoms with van der Waals surface area (Å²) in [5, 5.41) is 8.81. The van der Waals surface area contributed by atoms with Gasteiger partial charge >= 0.3 is 5.97 Å². The van der Waals surface area contributed by atoms with Crippen molar-refractivity contribution in [2.45, 2.75) is 19.4 Å². The Morgan fingerprint density at radius 2 is 2.20 bits per heavy atom. The smallest absolute Gasteiger partial charge is 0.333 e. The Kier molecular flexibility index (Phi) is 4.24. The molecule has 0 aromatic heterocycles. The lowest BCUT2D eigenvalue weighted by molar-refractivity contribution is -0.149. The predicted octanol–water partition coefficient (Wildman–Crippen LogP) is 1.86. The summed E-state index contributed by atoms with van der Waals surface area (Å²) in [6.07, 6.45) is -0.928. The molecule has 0 unspecified atom stereocenters. The number of aliphatic carboxylic acids is 1. The molecule has 0 saturated carbocycles. The van der Waals surface area contributed by atoms with Crippen molar-refractivity contribution in [3.63, 3.8) is 0 Å². The highest BCUT2D eigenvalue weighted by Gasteiger charge is 2.19. The van der Waals surface area contributed by atoms with Crippen LogP contribution in [-0.4, -0.2) is 23.8 Å². The Morgan fingerprint density at radius 3 is 2.73 bits per heavy atom. The predicted molar refractivity (Wildman–Crippen MR) is 53.2 cm³/mol. The zero-order valence-electron chi connectivity index (χ0n) is 8.44. The van der Waals surface area contributed by atoms with E-state index in [0.717, 1.165) is 0 Å². The zero-order chi connectivity index (χ0) is 11.3. The van der Waals surface area contributed by atoms with Crippen LogP contribution in [0.5, 0.6) is 0 Å². The topological polar surface area (TPSA) is 46.5 Å². The summed E-state index contributed by atoms with van der Waals surface area (Å²) < 4.78 is 18.2. The van der Waals surface area contributed by atoms with Gasteiger partial charge in [-0.1, -0.05) is 18.2 Å². The van der Waals surface area contributed by atoms with Crippen LogP contribution in [0.1, 0.15) is 12.5 Å². The molecule has 0 aliphatic heterocycles. The molecule has 0 amide bonds. The van der Waals surface area contributed by atoms with Crippen molar-refractivity contribution >= 4 is 5.97 Å². The summed E-state index contributed by atoms with van der Waals surface area (Å²) in [6.45, 7) is 2.00. The minimum absolute atomic E-state index is 0.0514. The van der Waals surface area contributed by atoms with E-state index < -0.39 is 17.9 Å². The van der Waals surface area contributed by atoms with Crippen LogP contribution >= 0.6 is 0 Å². The number of halogens is 1. The third-order valence-corrected chi connectivity index (χ3v) is 2.01. The Labute approximate surface area is 87.5 Å². The van der Waals surface area contributed by atoms with E-state index in [1.807, 2.05) is 0 Å². The largest absolute Gasteiger partial charge is 0.479 e. The molecule has 0 heterocycles. The third-order valence-electron chi connectivity index (χ3n) is 2.01. The first-order valence-electron chi connectivity index (χ1n) is 4.73. The van der Waals surface area contributed by atoms with Gasteiger partial charge in [-0.3, -0.25) is 0 Å². The van der Waals surface area contributed by atoms with E-state index in [-0.39, 0.29) is 6.42 Å². The van der Waals surface area contributed by atoms with Gasteiger partial charge in [0.05, 0.1) is 0 Å². The number of rotatable bonds is 5. The molecule has 1 aromatic carbocycles. The standard InChI is InChI=1S/C11H13FO3/c1-2-15-10(11(13)14)7-8-5-3-4-6-9(8)12/h3-6,10H,2,7H2,1H3,(H,13,14)/t10-/m0/s1. The van der Waals surface area contributed by atoms with E-state index in [9.17, 15) is 9.18 Å². The van der Waals surface area contributed by atoms with Gasteiger partial charge in [-0.2, -0.15) is 0 Å². The Hall–Kier alpha value is -1.42. The normalized spacial score (nSPS) is 12.4. The monoisotopic (exact) mass is 212 g/mol. The van der Waals surface area contributed by atoms with Crippen LogP contribution in [0.15, 0.2) is 24.3 Å². The maximum atomic E-state index is 13.2. The van der Waals surface area contributed by atoms with Gasteiger partial charge in [0.15, 0.2) is 6.10 Å². The number of carboxylic acids is 1. The van der Waals surface area contributed by atoms with Crippen molar-refractivity contribution in [1.82, 2.24) is 0 Å². The van der Waals surface area contributed by atoms with Gasteiger partial charge in [-0.25, -0.2) is 9.18 Å². The Balaban J connectivity index is 2.74. The Bertz CT molecular complexity index is 338. The number of carboxylic acid groups (broad SMARTS) is 1. The first kappa shape index (κ1) is 11.7. The molecule has 0 radical (unpaired) electrons. The minimum atomic E-state index is -1.07. The molecule has 82 valence electrons. The average molecular weight is 212 g/mol. The fourth-order valence-electron chi connectivity index (χ4n) is 1.28. The molecule has 0 spiro atoms. The van der Waals surface area contributed by atoms with Crippen molar-refractivity contribution in [3.05, 3.63) is 35.6 Å². The van der Waals surface area contributed by atoms with E-state index in [4.69, 9.17) is 9.84 Å². The number of hydrogen-bond acceptors (Lipinski definition) is 2. The summed E-state index contributed by atoms with van der Waals surface area (Å²) in [5.74, 6) is -1.47. The molecule has 0 fully saturated rings. The van der Waals surface area contributed by atoms with Gasteiger partial charge in [-0.05, 0) is 18.6 Å². The molecule has 1 aromatic rings. The van der Waals surface area contributed by atoms with Gasteiger partial charge in [-0.15, -0.1) is 0 Å². The molecule has 1 N–H and O–H groups in total. The number of ether oxygens (including phenoxy) is 1. The lowest BCUT2D eigenvalue weighted by Crippen LogP contribution is -2.26.